The lowest BCUT2D eigenvalue weighted by molar-refractivity contribution is -0.185. The van der Waals surface area contributed by atoms with Crippen molar-refractivity contribution in [2.45, 2.75) is 49.8 Å². The van der Waals surface area contributed by atoms with Crippen LogP contribution in [0.25, 0.3) is 0 Å². The molecule has 1 saturated carbocycles. The molecule has 0 N–H and O–H groups in total. The van der Waals surface area contributed by atoms with Gasteiger partial charge in [-0.3, -0.25) is 14.5 Å². The first-order valence-corrected chi connectivity index (χ1v) is 11.8. The van der Waals surface area contributed by atoms with Gasteiger partial charge in [-0.15, -0.1) is 0 Å². The van der Waals surface area contributed by atoms with E-state index in [9.17, 15) is 18.5 Å². The molecule has 1 spiro atoms. The number of benzene rings is 1. The Labute approximate surface area is 178 Å². The van der Waals surface area contributed by atoms with E-state index in [0.29, 0.717) is 50.2 Å². The summed E-state index contributed by atoms with van der Waals surface area (Å²) in [6.45, 7) is 2.94. The zero-order valence-electron chi connectivity index (χ0n) is 16.9. The average molecular weight is 436 g/mol. The normalized spacial score (nSPS) is 27.6. The van der Waals surface area contributed by atoms with Gasteiger partial charge in [-0.05, 0) is 55.2 Å². The number of carbonyl (C=O) groups excluding carboxylic acids is 2. The van der Waals surface area contributed by atoms with Gasteiger partial charge in [-0.25, -0.2) is 4.39 Å². The number of Topliss-reactive ketones (excluding diaryl/α,β-unsaturated/α-hetero) is 1. The minimum absolute atomic E-state index is 0.134. The Hall–Kier alpha value is -1.74. The summed E-state index contributed by atoms with van der Waals surface area (Å²) in [4.78, 5) is 27.7. The largest absolute Gasteiger partial charge is 0.615 e. The Bertz CT molecular complexity index is 813. The van der Waals surface area contributed by atoms with Gasteiger partial charge in [0.25, 0.3) is 0 Å². The van der Waals surface area contributed by atoms with Crippen LogP contribution in [0.3, 0.4) is 0 Å². The second-order valence-electron chi connectivity index (χ2n) is 7.90. The quantitative estimate of drug-likeness (QED) is 0.525. The first-order chi connectivity index (χ1) is 14.4. The van der Waals surface area contributed by atoms with Crippen LogP contribution in [0, 0.1) is 11.7 Å². The molecule has 6 nitrogen and oxygen atoms in total. The summed E-state index contributed by atoms with van der Waals surface area (Å²) in [5, 5.41) is -0.741. The van der Waals surface area contributed by atoms with Crippen molar-refractivity contribution in [2.24, 2.45) is 5.92 Å². The molecule has 8 heteroatoms. The van der Waals surface area contributed by atoms with Crippen molar-refractivity contribution in [3.05, 3.63) is 47.8 Å². The molecular formula is C22H26FNO5S. The molecule has 0 bridgehead atoms. The molecular weight excluding hydrogens is 409 g/mol. The van der Waals surface area contributed by atoms with Crippen LogP contribution < -0.4 is 0 Å². The predicted molar refractivity (Wildman–Crippen MR) is 110 cm³/mol. The van der Waals surface area contributed by atoms with E-state index < -0.39 is 34.1 Å². The zero-order chi connectivity index (χ0) is 21.3. The van der Waals surface area contributed by atoms with E-state index in [1.807, 2.05) is 0 Å². The summed E-state index contributed by atoms with van der Waals surface area (Å²) < 4.78 is 37.9. The fourth-order valence-corrected chi connectivity index (χ4v) is 6.06. The second-order valence-corrected chi connectivity index (χ2v) is 9.72. The fourth-order valence-electron chi connectivity index (χ4n) is 4.64. The fraction of sp³-hybridized carbons (Fsp3) is 0.545. The smallest absolute Gasteiger partial charge is 0.250 e. The van der Waals surface area contributed by atoms with Crippen molar-refractivity contribution < 1.29 is 28.0 Å². The van der Waals surface area contributed by atoms with E-state index in [1.54, 1.807) is 17.9 Å². The molecule has 2 fully saturated rings. The van der Waals surface area contributed by atoms with E-state index in [1.165, 1.54) is 30.3 Å². The second kappa shape index (κ2) is 8.78. The highest BCUT2D eigenvalue weighted by atomic mass is 32.2. The van der Waals surface area contributed by atoms with Gasteiger partial charge in [-0.2, -0.15) is 0 Å². The predicted octanol–water partition coefficient (Wildman–Crippen LogP) is 2.80. The minimum Gasteiger partial charge on any atom is -0.615 e. The van der Waals surface area contributed by atoms with Gasteiger partial charge in [-0.1, -0.05) is 6.08 Å². The van der Waals surface area contributed by atoms with Crippen molar-refractivity contribution >= 4 is 22.9 Å². The lowest BCUT2D eigenvalue weighted by Crippen LogP contribution is -2.58. The topological polar surface area (TPSA) is 78.9 Å². The number of hydrogen-bond acceptors (Lipinski definition) is 5. The summed E-state index contributed by atoms with van der Waals surface area (Å²) in [5.41, 5.74) is 0.341. The molecule has 162 valence electrons. The number of rotatable bonds is 5. The number of ketones is 1. The van der Waals surface area contributed by atoms with Crippen molar-refractivity contribution in [1.29, 1.82) is 0 Å². The lowest BCUT2D eigenvalue weighted by Gasteiger charge is -2.45. The summed E-state index contributed by atoms with van der Waals surface area (Å²) in [7, 11) is 0. The van der Waals surface area contributed by atoms with E-state index in [2.05, 4.69) is 0 Å². The average Bonchev–Trinajstić information content (AvgIpc) is 3.22. The first-order valence-electron chi connectivity index (χ1n) is 10.4. The van der Waals surface area contributed by atoms with Crippen LogP contribution >= 0.6 is 0 Å². The Morgan fingerprint density at radius 3 is 2.47 bits per heavy atom. The molecule has 4 rings (SSSR count). The molecule has 3 unspecified atom stereocenters. The SMILES string of the molecule is CC[S+]([O-])C1C(C(=O)c2ccc(F)cc2)C=CC(=O)N1C1CCC2(CC1)OCCO2. The Balaban J connectivity index is 1.59. The molecule has 1 aromatic carbocycles. The summed E-state index contributed by atoms with van der Waals surface area (Å²) in [5.74, 6) is -1.87. The highest BCUT2D eigenvalue weighted by Crippen LogP contribution is 2.40. The molecule has 1 aliphatic carbocycles. The number of amides is 1. The third-order valence-corrected chi connectivity index (χ3v) is 7.82. The van der Waals surface area contributed by atoms with E-state index in [0.717, 1.165) is 0 Å². The van der Waals surface area contributed by atoms with Crippen molar-refractivity contribution in [3.8, 4) is 0 Å². The van der Waals surface area contributed by atoms with E-state index in [-0.39, 0.29) is 17.7 Å². The minimum atomic E-state index is -1.41. The standard InChI is InChI=1S/C22H26FNO5S/c1-2-30(27)21-18(20(26)15-3-5-16(23)6-4-15)7-8-19(25)24(21)17-9-11-22(12-10-17)28-13-14-29-22/h3-8,17-18,21H,2,9-14H2,1H3. The van der Waals surface area contributed by atoms with Gasteiger partial charge in [0, 0.05) is 30.5 Å². The Morgan fingerprint density at radius 1 is 1.23 bits per heavy atom. The zero-order valence-corrected chi connectivity index (χ0v) is 17.7. The number of nitrogens with zero attached hydrogens (tertiary/aromatic N) is 1. The van der Waals surface area contributed by atoms with Crippen LogP contribution in [0.5, 0.6) is 0 Å². The van der Waals surface area contributed by atoms with Crippen LogP contribution in [0.2, 0.25) is 0 Å². The molecule has 2 heterocycles. The summed E-state index contributed by atoms with van der Waals surface area (Å²) in [6.07, 6.45) is 5.60. The molecule has 1 saturated heterocycles. The van der Waals surface area contributed by atoms with Crippen LogP contribution in [-0.4, -0.2) is 57.3 Å². The van der Waals surface area contributed by atoms with E-state index in [4.69, 9.17) is 9.47 Å². The molecule has 0 radical (unpaired) electrons. The van der Waals surface area contributed by atoms with Crippen LogP contribution in [-0.2, 0) is 25.4 Å². The van der Waals surface area contributed by atoms with E-state index >= 15 is 0 Å². The third kappa shape index (κ3) is 4.06. The molecule has 3 aliphatic rings. The van der Waals surface area contributed by atoms with Gasteiger partial charge < -0.3 is 14.0 Å². The molecule has 1 aromatic rings. The Kier molecular flexibility index (Phi) is 6.29. The first kappa shape index (κ1) is 21.5. The maximum Gasteiger partial charge on any atom is 0.250 e. The molecule has 30 heavy (non-hydrogen) atoms. The molecule has 0 aromatic heterocycles. The monoisotopic (exact) mass is 435 g/mol. The van der Waals surface area contributed by atoms with Gasteiger partial charge in [0.1, 0.15) is 17.5 Å². The number of hydrogen-bond donors (Lipinski definition) is 0. The number of halogens is 1. The highest BCUT2D eigenvalue weighted by Gasteiger charge is 2.49. The maximum absolute atomic E-state index is 13.3. The van der Waals surface area contributed by atoms with Gasteiger partial charge >= 0.3 is 0 Å². The molecule has 1 amide bonds. The summed E-state index contributed by atoms with van der Waals surface area (Å²) >= 11 is -1.41. The van der Waals surface area contributed by atoms with Crippen molar-refractivity contribution in [2.75, 3.05) is 19.0 Å². The van der Waals surface area contributed by atoms with Gasteiger partial charge in [0.05, 0.1) is 13.2 Å². The third-order valence-electron chi connectivity index (χ3n) is 6.19. The molecule has 3 atom stereocenters. The highest BCUT2D eigenvalue weighted by molar-refractivity contribution is 7.92. The summed E-state index contributed by atoms with van der Waals surface area (Å²) in [6, 6.07) is 5.19. The van der Waals surface area contributed by atoms with Gasteiger partial charge in [0.15, 0.2) is 11.6 Å². The Morgan fingerprint density at radius 2 is 1.87 bits per heavy atom. The van der Waals surface area contributed by atoms with Gasteiger partial charge in [0.2, 0.25) is 11.3 Å². The van der Waals surface area contributed by atoms with Crippen LogP contribution in [0.15, 0.2) is 36.4 Å². The number of carbonyl (C=O) groups is 2. The molecule has 2 aliphatic heterocycles. The van der Waals surface area contributed by atoms with Crippen molar-refractivity contribution in [1.82, 2.24) is 4.90 Å². The maximum atomic E-state index is 13.3. The number of ether oxygens (including phenoxy) is 2. The lowest BCUT2D eigenvalue weighted by atomic mass is 9.86. The van der Waals surface area contributed by atoms with Crippen molar-refractivity contribution in [3.63, 3.8) is 0 Å². The van der Waals surface area contributed by atoms with Crippen LogP contribution in [0.4, 0.5) is 4.39 Å². The van der Waals surface area contributed by atoms with Crippen LogP contribution in [0.1, 0.15) is 43.0 Å².